The third-order valence-corrected chi connectivity index (χ3v) is 4.18. The Morgan fingerprint density at radius 2 is 1.88 bits per heavy atom. The van der Waals surface area contributed by atoms with Gasteiger partial charge in [-0.1, -0.05) is 30.3 Å². The molecule has 1 heterocycles. The van der Waals surface area contributed by atoms with Gasteiger partial charge in [-0.05, 0) is 58.6 Å². The van der Waals surface area contributed by atoms with Crippen molar-refractivity contribution in [3.8, 4) is 0 Å². The van der Waals surface area contributed by atoms with Gasteiger partial charge in [-0.25, -0.2) is 4.98 Å². The molecule has 0 saturated heterocycles. The van der Waals surface area contributed by atoms with Crippen molar-refractivity contribution in [1.82, 2.24) is 14.8 Å². The first-order valence-electron chi connectivity index (χ1n) is 9.17. The van der Waals surface area contributed by atoms with E-state index in [0.717, 1.165) is 30.9 Å². The third-order valence-electron chi connectivity index (χ3n) is 4.18. The van der Waals surface area contributed by atoms with E-state index in [1.165, 1.54) is 0 Å². The van der Waals surface area contributed by atoms with Crippen LogP contribution < -0.4 is 5.32 Å². The zero-order chi connectivity index (χ0) is 18.9. The Bertz CT molecular complexity index is 685. The molecule has 5 heteroatoms. The van der Waals surface area contributed by atoms with Gasteiger partial charge in [0.05, 0.1) is 0 Å². The molecule has 1 aromatic heterocycles. The summed E-state index contributed by atoms with van der Waals surface area (Å²) in [4.78, 5) is 21.4. The molecule has 0 fully saturated rings. The minimum atomic E-state index is 0.0302. The molecule has 0 unspecified atom stereocenters. The van der Waals surface area contributed by atoms with Crippen LogP contribution in [0.3, 0.4) is 0 Å². The SMILES string of the molecule is CC(C)N(Cc1ccccc1)C(=O)c1ccnc(NCCCN(C)C)c1. The molecule has 26 heavy (non-hydrogen) atoms. The second-order valence-electron chi connectivity index (χ2n) is 7.03. The average Bonchev–Trinajstić information content (AvgIpc) is 2.63. The number of hydrogen-bond donors (Lipinski definition) is 1. The molecule has 1 N–H and O–H groups in total. The van der Waals surface area contributed by atoms with Gasteiger partial charge in [0.1, 0.15) is 5.82 Å². The summed E-state index contributed by atoms with van der Waals surface area (Å²) in [6.45, 7) is 6.54. The number of benzene rings is 1. The van der Waals surface area contributed by atoms with E-state index in [-0.39, 0.29) is 11.9 Å². The summed E-state index contributed by atoms with van der Waals surface area (Å²) < 4.78 is 0. The Morgan fingerprint density at radius 1 is 1.15 bits per heavy atom. The summed E-state index contributed by atoms with van der Waals surface area (Å²) in [5, 5.41) is 3.30. The molecule has 1 aromatic carbocycles. The molecule has 0 spiro atoms. The van der Waals surface area contributed by atoms with E-state index in [1.54, 1.807) is 12.3 Å². The van der Waals surface area contributed by atoms with Gasteiger partial charge < -0.3 is 15.1 Å². The van der Waals surface area contributed by atoms with Crippen LogP contribution >= 0.6 is 0 Å². The first-order valence-corrected chi connectivity index (χ1v) is 9.17. The van der Waals surface area contributed by atoms with E-state index in [9.17, 15) is 4.79 Å². The number of anilines is 1. The van der Waals surface area contributed by atoms with Gasteiger partial charge in [0, 0.05) is 30.9 Å². The molecule has 0 saturated carbocycles. The van der Waals surface area contributed by atoms with Gasteiger partial charge in [-0.3, -0.25) is 4.79 Å². The van der Waals surface area contributed by atoms with Crippen LogP contribution in [0.5, 0.6) is 0 Å². The van der Waals surface area contributed by atoms with Crippen LogP contribution in [-0.4, -0.2) is 53.9 Å². The lowest BCUT2D eigenvalue weighted by atomic mass is 10.1. The normalized spacial score (nSPS) is 11.0. The number of aromatic nitrogens is 1. The molecule has 0 aliphatic carbocycles. The van der Waals surface area contributed by atoms with Crippen LogP contribution in [0.4, 0.5) is 5.82 Å². The van der Waals surface area contributed by atoms with Gasteiger partial charge in [0.25, 0.3) is 5.91 Å². The minimum absolute atomic E-state index is 0.0302. The van der Waals surface area contributed by atoms with Crippen LogP contribution in [0.1, 0.15) is 36.2 Å². The number of pyridine rings is 1. The Kier molecular flexibility index (Phi) is 7.60. The molecule has 0 aliphatic heterocycles. The number of amides is 1. The molecule has 5 nitrogen and oxygen atoms in total. The van der Waals surface area contributed by atoms with Gasteiger partial charge >= 0.3 is 0 Å². The molecular formula is C21H30N4O. The van der Waals surface area contributed by atoms with Crippen molar-refractivity contribution in [2.45, 2.75) is 32.9 Å². The van der Waals surface area contributed by atoms with Crippen molar-refractivity contribution in [2.24, 2.45) is 0 Å². The van der Waals surface area contributed by atoms with E-state index in [0.29, 0.717) is 12.1 Å². The highest BCUT2D eigenvalue weighted by atomic mass is 16.2. The smallest absolute Gasteiger partial charge is 0.254 e. The van der Waals surface area contributed by atoms with E-state index >= 15 is 0 Å². The monoisotopic (exact) mass is 354 g/mol. The van der Waals surface area contributed by atoms with Crippen LogP contribution in [-0.2, 0) is 6.54 Å². The third kappa shape index (κ3) is 6.15. The lowest BCUT2D eigenvalue weighted by Crippen LogP contribution is -2.36. The zero-order valence-electron chi connectivity index (χ0n) is 16.3. The van der Waals surface area contributed by atoms with Crippen molar-refractivity contribution in [3.63, 3.8) is 0 Å². The lowest BCUT2D eigenvalue weighted by molar-refractivity contribution is 0.0690. The fourth-order valence-electron chi connectivity index (χ4n) is 2.71. The van der Waals surface area contributed by atoms with Crippen LogP contribution in [0, 0.1) is 0 Å². The van der Waals surface area contributed by atoms with Crippen molar-refractivity contribution >= 4 is 11.7 Å². The fraction of sp³-hybridized carbons (Fsp3) is 0.429. The van der Waals surface area contributed by atoms with Crippen LogP contribution in [0.15, 0.2) is 48.7 Å². The first-order chi connectivity index (χ1) is 12.5. The highest BCUT2D eigenvalue weighted by molar-refractivity contribution is 5.95. The molecule has 0 bridgehead atoms. The zero-order valence-corrected chi connectivity index (χ0v) is 16.3. The lowest BCUT2D eigenvalue weighted by Gasteiger charge is -2.27. The number of rotatable bonds is 9. The summed E-state index contributed by atoms with van der Waals surface area (Å²) in [5.41, 5.74) is 1.80. The van der Waals surface area contributed by atoms with Gasteiger partial charge in [-0.2, -0.15) is 0 Å². The summed E-state index contributed by atoms with van der Waals surface area (Å²) >= 11 is 0. The first kappa shape index (κ1) is 19.9. The van der Waals surface area contributed by atoms with Gasteiger partial charge in [0.2, 0.25) is 0 Å². The Balaban J connectivity index is 2.05. The average molecular weight is 354 g/mol. The van der Waals surface area contributed by atoms with E-state index in [4.69, 9.17) is 0 Å². The molecule has 2 aromatic rings. The van der Waals surface area contributed by atoms with Gasteiger partial charge in [0.15, 0.2) is 0 Å². The van der Waals surface area contributed by atoms with E-state index in [1.807, 2.05) is 55.1 Å². The predicted octanol–water partition coefficient (Wildman–Crippen LogP) is 3.50. The maximum atomic E-state index is 13.0. The molecule has 2 rings (SSSR count). The van der Waals surface area contributed by atoms with Crippen molar-refractivity contribution in [3.05, 3.63) is 59.8 Å². The molecule has 0 atom stereocenters. The predicted molar refractivity (Wildman–Crippen MR) is 107 cm³/mol. The highest BCUT2D eigenvalue weighted by Crippen LogP contribution is 2.15. The van der Waals surface area contributed by atoms with E-state index < -0.39 is 0 Å². The standard InChI is InChI=1S/C21H30N4O/c1-17(2)25(16-18-9-6-5-7-10-18)21(26)19-11-13-23-20(15-19)22-12-8-14-24(3)4/h5-7,9-11,13,15,17H,8,12,14,16H2,1-4H3,(H,22,23). The Morgan fingerprint density at radius 3 is 2.54 bits per heavy atom. The molecular weight excluding hydrogens is 324 g/mol. The molecule has 0 radical (unpaired) electrons. The quantitative estimate of drug-likeness (QED) is 0.700. The topological polar surface area (TPSA) is 48.5 Å². The summed E-state index contributed by atoms with van der Waals surface area (Å²) in [6, 6.07) is 13.8. The van der Waals surface area contributed by atoms with Crippen molar-refractivity contribution < 1.29 is 4.79 Å². The fourth-order valence-corrected chi connectivity index (χ4v) is 2.71. The van der Waals surface area contributed by atoms with Gasteiger partial charge in [-0.15, -0.1) is 0 Å². The van der Waals surface area contributed by atoms with Crippen molar-refractivity contribution in [1.29, 1.82) is 0 Å². The Labute approximate surface area is 157 Å². The molecule has 1 amide bonds. The number of nitrogens with zero attached hydrogens (tertiary/aromatic N) is 3. The molecule has 0 aliphatic rings. The summed E-state index contributed by atoms with van der Waals surface area (Å²) in [7, 11) is 4.12. The largest absolute Gasteiger partial charge is 0.370 e. The summed E-state index contributed by atoms with van der Waals surface area (Å²) in [6.07, 6.45) is 2.72. The Hall–Kier alpha value is -2.40. The second kappa shape index (κ2) is 9.92. The molecule has 140 valence electrons. The highest BCUT2D eigenvalue weighted by Gasteiger charge is 2.19. The number of nitrogens with one attached hydrogen (secondary N) is 1. The van der Waals surface area contributed by atoms with Crippen molar-refractivity contribution in [2.75, 3.05) is 32.5 Å². The number of carbonyl (C=O) groups is 1. The number of carbonyl (C=O) groups excluding carboxylic acids is 1. The van der Waals surface area contributed by atoms with Crippen LogP contribution in [0.25, 0.3) is 0 Å². The maximum Gasteiger partial charge on any atom is 0.254 e. The van der Waals surface area contributed by atoms with Crippen LogP contribution in [0.2, 0.25) is 0 Å². The number of hydrogen-bond acceptors (Lipinski definition) is 4. The summed E-state index contributed by atoms with van der Waals surface area (Å²) in [5.74, 6) is 0.778. The maximum absolute atomic E-state index is 13.0. The second-order valence-corrected chi connectivity index (χ2v) is 7.03. The van der Waals surface area contributed by atoms with E-state index in [2.05, 4.69) is 29.3 Å². The minimum Gasteiger partial charge on any atom is -0.370 e.